The van der Waals surface area contributed by atoms with E-state index >= 15 is 0 Å². The molecule has 2 amide bonds. The molecule has 1 saturated heterocycles. The lowest BCUT2D eigenvalue weighted by Gasteiger charge is -2.23. The van der Waals surface area contributed by atoms with E-state index in [0.29, 0.717) is 12.8 Å². The number of likely N-dealkylation sites (tertiary alicyclic amines) is 1. The molecule has 7 nitrogen and oxygen atoms in total. The summed E-state index contributed by atoms with van der Waals surface area (Å²) in [4.78, 5) is 34.1. The molecule has 24 heavy (non-hydrogen) atoms. The second-order valence-electron chi connectivity index (χ2n) is 6.89. The first-order chi connectivity index (χ1) is 11.3. The number of aryl methyl sites for hydroxylation is 1. The van der Waals surface area contributed by atoms with Gasteiger partial charge in [-0.1, -0.05) is 0 Å². The maximum atomic E-state index is 11.9. The normalized spacial score (nSPS) is 17.8. The second-order valence-corrected chi connectivity index (χ2v) is 6.89. The first-order valence-electron chi connectivity index (χ1n) is 8.32. The van der Waals surface area contributed by atoms with Crippen LogP contribution in [0.5, 0.6) is 0 Å². The van der Waals surface area contributed by atoms with Crippen LogP contribution in [0.1, 0.15) is 57.5 Å². The molecule has 0 aromatic carbocycles. The Bertz CT molecular complexity index is 586. The van der Waals surface area contributed by atoms with Crippen LogP contribution in [-0.4, -0.2) is 50.5 Å². The molecular weight excluding hydrogens is 308 g/mol. The number of hydrogen-bond acceptors (Lipinski definition) is 5. The summed E-state index contributed by atoms with van der Waals surface area (Å²) in [6.07, 6.45) is 6.05. The van der Waals surface area contributed by atoms with E-state index in [2.05, 4.69) is 15.3 Å². The van der Waals surface area contributed by atoms with E-state index in [4.69, 9.17) is 5.11 Å². The monoisotopic (exact) mass is 334 g/mol. The maximum absolute atomic E-state index is 11.9. The predicted octanol–water partition coefficient (Wildman–Crippen LogP) is 0.980. The van der Waals surface area contributed by atoms with Crippen molar-refractivity contribution in [2.24, 2.45) is 0 Å². The molecule has 0 saturated carbocycles. The van der Waals surface area contributed by atoms with Gasteiger partial charge in [0.25, 0.3) is 0 Å². The summed E-state index contributed by atoms with van der Waals surface area (Å²) in [6.45, 7) is 5.77. The number of nitrogens with zero attached hydrogens (tertiary/aromatic N) is 3. The van der Waals surface area contributed by atoms with Gasteiger partial charge in [-0.25, -0.2) is 0 Å². The Morgan fingerprint density at radius 3 is 2.71 bits per heavy atom. The van der Waals surface area contributed by atoms with E-state index in [0.717, 1.165) is 30.8 Å². The zero-order valence-corrected chi connectivity index (χ0v) is 14.6. The van der Waals surface area contributed by atoms with Crippen LogP contribution < -0.4 is 5.32 Å². The molecule has 1 aromatic heterocycles. The average molecular weight is 334 g/mol. The fourth-order valence-corrected chi connectivity index (χ4v) is 2.84. The van der Waals surface area contributed by atoms with Gasteiger partial charge >= 0.3 is 0 Å². The molecule has 1 aliphatic heterocycles. The Hall–Kier alpha value is -2.02. The average Bonchev–Trinajstić information content (AvgIpc) is 3.03. The third-order valence-electron chi connectivity index (χ3n) is 4.21. The van der Waals surface area contributed by atoms with E-state index < -0.39 is 5.54 Å². The van der Waals surface area contributed by atoms with Gasteiger partial charge in [0, 0.05) is 26.1 Å². The molecule has 1 atom stereocenters. The molecule has 0 unspecified atom stereocenters. The van der Waals surface area contributed by atoms with Crippen molar-refractivity contribution in [2.45, 2.75) is 58.0 Å². The van der Waals surface area contributed by atoms with Gasteiger partial charge in [0.2, 0.25) is 11.8 Å². The van der Waals surface area contributed by atoms with Crippen LogP contribution in [0, 0.1) is 0 Å². The van der Waals surface area contributed by atoms with Crippen LogP contribution in [0.3, 0.4) is 0 Å². The summed E-state index contributed by atoms with van der Waals surface area (Å²) in [6, 6.07) is 0.0118. The summed E-state index contributed by atoms with van der Waals surface area (Å²) in [5.74, 6) is -0.0648. The maximum Gasteiger partial charge on any atom is 0.220 e. The van der Waals surface area contributed by atoms with Gasteiger partial charge in [-0.15, -0.1) is 0 Å². The van der Waals surface area contributed by atoms with Crippen LogP contribution in [0.2, 0.25) is 0 Å². The Kier molecular flexibility index (Phi) is 5.88. The zero-order valence-electron chi connectivity index (χ0n) is 14.6. The predicted molar refractivity (Wildman–Crippen MR) is 89.0 cm³/mol. The highest BCUT2D eigenvalue weighted by Crippen LogP contribution is 2.30. The van der Waals surface area contributed by atoms with Gasteiger partial charge in [-0.2, -0.15) is 0 Å². The van der Waals surface area contributed by atoms with Crippen molar-refractivity contribution in [1.29, 1.82) is 0 Å². The van der Waals surface area contributed by atoms with Crippen molar-refractivity contribution in [3.05, 3.63) is 23.8 Å². The van der Waals surface area contributed by atoms with Gasteiger partial charge in [-0.05, 0) is 33.1 Å². The van der Waals surface area contributed by atoms with Crippen molar-refractivity contribution in [3.63, 3.8) is 0 Å². The third-order valence-corrected chi connectivity index (χ3v) is 4.21. The summed E-state index contributed by atoms with van der Waals surface area (Å²) >= 11 is 0. The van der Waals surface area contributed by atoms with Gasteiger partial charge in [0.15, 0.2) is 0 Å². The standard InChI is InChI=1S/C17H26N4O3/c1-12(23)21-8-4-5-15(21)14-10-18-13(9-19-14)6-7-16(24)20-17(2,3)11-22/h9-10,15,22H,4-8,11H2,1-3H3,(H,20,24)/t15-/m0/s1. The SMILES string of the molecule is CC(=O)N1CCC[C@H]1c1cnc(CCC(=O)NC(C)(C)CO)cn1. The summed E-state index contributed by atoms with van der Waals surface area (Å²) in [7, 11) is 0. The second kappa shape index (κ2) is 7.70. The molecule has 2 rings (SSSR count). The molecule has 7 heteroatoms. The van der Waals surface area contributed by atoms with Crippen LogP contribution >= 0.6 is 0 Å². The minimum atomic E-state index is -0.620. The molecule has 132 valence electrons. The van der Waals surface area contributed by atoms with Crippen molar-refractivity contribution >= 4 is 11.8 Å². The van der Waals surface area contributed by atoms with Crippen molar-refractivity contribution < 1.29 is 14.7 Å². The summed E-state index contributed by atoms with van der Waals surface area (Å²) in [5.41, 5.74) is 0.922. The smallest absolute Gasteiger partial charge is 0.220 e. The van der Waals surface area contributed by atoms with Crippen LogP contribution in [-0.2, 0) is 16.0 Å². The number of aliphatic hydroxyl groups is 1. The van der Waals surface area contributed by atoms with E-state index in [1.165, 1.54) is 0 Å². The number of rotatable bonds is 6. The Morgan fingerprint density at radius 1 is 1.38 bits per heavy atom. The lowest BCUT2D eigenvalue weighted by molar-refractivity contribution is -0.129. The Balaban J connectivity index is 1.91. The molecule has 1 fully saturated rings. The van der Waals surface area contributed by atoms with E-state index in [1.807, 2.05) is 4.90 Å². The molecule has 2 heterocycles. The number of hydrogen-bond donors (Lipinski definition) is 2. The van der Waals surface area contributed by atoms with Gasteiger partial charge in [-0.3, -0.25) is 19.6 Å². The third kappa shape index (κ3) is 4.74. The molecule has 2 N–H and O–H groups in total. The number of nitrogens with one attached hydrogen (secondary N) is 1. The van der Waals surface area contributed by atoms with Crippen molar-refractivity contribution in [1.82, 2.24) is 20.2 Å². The highest BCUT2D eigenvalue weighted by molar-refractivity contribution is 5.77. The zero-order chi connectivity index (χ0) is 17.7. The van der Waals surface area contributed by atoms with E-state index in [9.17, 15) is 9.59 Å². The van der Waals surface area contributed by atoms with Crippen molar-refractivity contribution in [3.8, 4) is 0 Å². The lowest BCUT2D eigenvalue weighted by Crippen LogP contribution is -2.46. The highest BCUT2D eigenvalue weighted by Gasteiger charge is 2.29. The Labute approximate surface area is 142 Å². The number of carbonyl (C=O) groups excluding carboxylic acids is 2. The van der Waals surface area contributed by atoms with E-state index in [1.54, 1.807) is 33.2 Å². The first kappa shape index (κ1) is 18.3. The first-order valence-corrected chi connectivity index (χ1v) is 8.32. The molecule has 0 spiro atoms. The van der Waals surface area contributed by atoms with Gasteiger partial charge < -0.3 is 15.3 Å². The minimum Gasteiger partial charge on any atom is -0.394 e. The fourth-order valence-electron chi connectivity index (χ4n) is 2.84. The number of aliphatic hydroxyl groups excluding tert-OH is 1. The molecule has 1 aromatic rings. The number of amides is 2. The summed E-state index contributed by atoms with van der Waals surface area (Å²) < 4.78 is 0. The molecular formula is C17H26N4O3. The van der Waals surface area contributed by atoms with Crippen LogP contribution in [0.4, 0.5) is 0 Å². The molecule has 0 bridgehead atoms. The van der Waals surface area contributed by atoms with Crippen LogP contribution in [0.15, 0.2) is 12.4 Å². The molecule has 0 aliphatic carbocycles. The number of aromatic nitrogens is 2. The topological polar surface area (TPSA) is 95.4 Å². The van der Waals surface area contributed by atoms with Gasteiger partial charge in [0.1, 0.15) is 0 Å². The van der Waals surface area contributed by atoms with Crippen LogP contribution in [0.25, 0.3) is 0 Å². The quantitative estimate of drug-likeness (QED) is 0.808. The largest absolute Gasteiger partial charge is 0.394 e. The summed E-state index contributed by atoms with van der Waals surface area (Å²) in [5, 5.41) is 11.9. The highest BCUT2D eigenvalue weighted by atomic mass is 16.3. The fraction of sp³-hybridized carbons (Fsp3) is 0.647. The lowest BCUT2D eigenvalue weighted by atomic mass is 10.1. The Morgan fingerprint density at radius 2 is 2.12 bits per heavy atom. The van der Waals surface area contributed by atoms with Crippen molar-refractivity contribution in [2.75, 3.05) is 13.2 Å². The number of carbonyl (C=O) groups is 2. The minimum absolute atomic E-state index is 0.0118. The van der Waals surface area contributed by atoms with E-state index in [-0.39, 0.29) is 24.5 Å². The molecule has 1 aliphatic rings. The molecule has 0 radical (unpaired) electrons. The van der Waals surface area contributed by atoms with Gasteiger partial charge in [0.05, 0.1) is 35.8 Å².